The molecule has 1 aliphatic heterocycles. The van der Waals surface area contributed by atoms with Gasteiger partial charge in [-0.2, -0.15) is 0 Å². The highest BCUT2D eigenvalue weighted by Crippen LogP contribution is 2.39. The van der Waals surface area contributed by atoms with Crippen molar-refractivity contribution in [1.29, 1.82) is 0 Å². The van der Waals surface area contributed by atoms with Crippen LogP contribution in [0.15, 0.2) is 42.7 Å². The fourth-order valence-corrected chi connectivity index (χ4v) is 5.83. The first-order valence-corrected chi connectivity index (χ1v) is 15.1. The van der Waals surface area contributed by atoms with Crippen LogP contribution in [0.5, 0.6) is 5.75 Å². The van der Waals surface area contributed by atoms with Gasteiger partial charge in [0, 0.05) is 29.9 Å². The summed E-state index contributed by atoms with van der Waals surface area (Å²) in [5.74, 6) is 0.226. The van der Waals surface area contributed by atoms with E-state index in [-0.39, 0.29) is 29.7 Å². The first-order valence-electron chi connectivity index (χ1n) is 13.5. The molecule has 0 saturated carbocycles. The van der Waals surface area contributed by atoms with Crippen LogP contribution < -0.4 is 20.1 Å². The first-order chi connectivity index (χ1) is 20.2. The average Bonchev–Trinajstić information content (AvgIpc) is 2.97. The minimum absolute atomic E-state index is 0.0228. The maximum atomic E-state index is 15.8. The minimum Gasteiger partial charge on any atom is -0.492 e. The number of nitrogens with zero attached hydrogens (tertiary/aromatic N) is 5. The third-order valence-corrected chi connectivity index (χ3v) is 8.09. The smallest absolute Gasteiger partial charge is 0.232 e. The molecule has 0 unspecified atom stereocenters. The normalized spacial score (nSPS) is 15.6. The molecule has 1 aliphatic rings. The van der Waals surface area contributed by atoms with Crippen LogP contribution in [0.4, 0.5) is 26.2 Å². The van der Waals surface area contributed by atoms with Crippen molar-refractivity contribution in [3.63, 3.8) is 0 Å². The quantitative estimate of drug-likeness (QED) is 0.272. The summed E-state index contributed by atoms with van der Waals surface area (Å²) in [6.07, 6.45) is 2.90. The van der Waals surface area contributed by atoms with Gasteiger partial charge in [0.05, 0.1) is 49.5 Å². The molecule has 11 nitrogen and oxygen atoms in total. The van der Waals surface area contributed by atoms with Gasteiger partial charge in [0.1, 0.15) is 17.1 Å². The third kappa shape index (κ3) is 6.19. The predicted octanol–water partition coefficient (Wildman–Crippen LogP) is 4.20. The first kappa shape index (κ1) is 29.3. The molecular weight excluding hydrogens is 568 g/mol. The van der Waals surface area contributed by atoms with Crippen molar-refractivity contribution in [2.24, 2.45) is 0 Å². The molecule has 1 fully saturated rings. The topological polar surface area (TPSA) is 145 Å². The monoisotopic (exact) mass is 599 g/mol. The average molecular weight is 600 g/mol. The number of ether oxygens (including phenoxy) is 2. The molecule has 3 heterocycles. The molecular formula is C28H31F2N7O4S. The van der Waals surface area contributed by atoms with E-state index in [1.54, 1.807) is 36.7 Å². The summed E-state index contributed by atoms with van der Waals surface area (Å²) in [5.41, 5.74) is 7.08. The second-order valence-electron chi connectivity index (χ2n) is 9.75. The van der Waals surface area contributed by atoms with Crippen LogP contribution in [-0.4, -0.2) is 73.2 Å². The predicted molar refractivity (Wildman–Crippen MR) is 157 cm³/mol. The standard InChI is InChI=1S/C28H31F2N7O4S/c1-3-41-23-13-18(20-6-4-7-22(24(20)30)36-42(38,39)11-5-8-29)12-21-25(23)34-26(19-14-32-28(31)33-15-19)35-27(21)37-9-10-40-16-17(37)2/h4,6-7,12-15,17,36H,3,5,8-11,16H2,1-2H3,(H2,31,32,33)/t17-/m0/s1. The number of benzene rings is 2. The van der Waals surface area contributed by atoms with Crippen LogP contribution in [0, 0.1) is 5.82 Å². The van der Waals surface area contributed by atoms with Gasteiger partial charge in [-0.1, -0.05) is 12.1 Å². The Bertz CT molecular complexity index is 1690. The van der Waals surface area contributed by atoms with Crippen molar-refractivity contribution in [1.82, 2.24) is 19.9 Å². The van der Waals surface area contributed by atoms with Gasteiger partial charge in [0.25, 0.3) is 0 Å². The van der Waals surface area contributed by atoms with Crippen LogP contribution in [0.1, 0.15) is 20.3 Å². The molecule has 0 spiro atoms. The van der Waals surface area contributed by atoms with Gasteiger partial charge in [0.15, 0.2) is 11.6 Å². The van der Waals surface area contributed by atoms with E-state index in [1.807, 2.05) is 13.8 Å². The number of halogens is 2. The van der Waals surface area contributed by atoms with Crippen LogP contribution >= 0.6 is 0 Å². The number of hydrogen-bond acceptors (Lipinski definition) is 10. The minimum atomic E-state index is -3.94. The molecule has 3 N–H and O–H groups in total. The highest BCUT2D eigenvalue weighted by molar-refractivity contribution is 7.92. The van der Waals surface area contributed by atoms with Gasteiger partial charge in [-0.05, 0) is 44.0 Å². The van der Waals surface area contributed by atoms with E-state index in [4.69, 9.17) is 25.2 Å². The number of rotatable bonds is 10. The molecule has 4 aromatic rings. The summed E-state index contributed by atoms with van der Waals surface area (Å²) < 4.78 is 67.1. The molecule has 2 aromatic carbocycles. The summed E-state index contributed by atoms with van der Waals surface area (Å²) in [6.45, 7) is 4.90. The van der Waals surface area contributed by atoms with Crippen molar-refractivity contribution in [3.8, 4) is 28.3 Å². The van der Waals surface area contributed by atoms with Gasteiger partial charge in [-0.3, -0.25) is 9.11 Å². The highest BCUT2D eigenvalue weighted by atomic mass is 32.2. The molecule has 14 heteroatoms. The molecule has 1 atom stereocenters. The number of nitrogens with one attached hydrogen (secondary N) is 1. The summed E-state index contributed by atoms with van der Waals surface area (Å²) in [6, 6.07) is 7.81. The van der Waals surface area contributed by atoms with E-state index in [1.165, 1.54) is 6.07 Å². The van der Waals surface area contributed by atoms with Gasteiger partial charge in [-0.25, -0.2) is 32.7 Å². The molecule has 0 amide bonds. The molecule has 5 rings (SSSR count). The maximum Gasteiger partial charge on any atom is 0.232 e. The Balaban J connectivity index is 1.70. The van der Waals surface area contributed by atoms with Gasteiger partial charge >= 0.3 is 0 Å². The van der Waals surface area contributed by atoms with Crippen molar-refractivity contribution in [3.05, 3.63) is 48.5 Å². The van der Waals surface area contributed by atoms with Crippen molar-refractivity contribution in [2.45, 2.75) is 26.3 Å². The maximum absolute atomic E-state index is 15.8. The second-order valence-corrected chi connectivity index (χ2v) is 11.6. The van der Waals surface area contributed by atoms with E-state index in [0.29, 0.717) is 65.8 Å². The largest absolute Gasteiger partial charge is 0.492 e. The van der Waals surface area contributed by atoms with E-state index < -0.39 is 28.3 Å². The number of nitrogen functional groups attached to an aromatic ring is 1. The van der Waals surface area contributed by atoms with Crippen LogP contribution in [-0.2, 0) is 14.8 Å². The Kier molecular flexibility index (Phi) is 8.64. The summed E-state index contributed by atoms with van der Waals surface area (Å²) >= 11 is 0. The van der Waals surface area contributed by atoms with Gasteiger partial charge < -0.3 is 20.1 Å². The zero-order chi connectivity index (χ0) is 29.9. The summed E-state index contributed by atoms with van der Waals surface area (Å²) in [4.78, 5) is 19.9. The Morgan fingerprint density at radius 2 is 1.98 bits per heavy atom. The molecule has 222 valence electrons. The lowest BCUT2D eigenvalue weighted by Crippen LogP contribution is -2.44. The summed E-state index contributed by atoms with van der Waals surface area (Å²) in [7, 11) is -3.94. The van der Waals surface area contributed by atoms with Crippen molar-refractivity contribution < 1.29 is 26.7 Å². The van der Waals surface area contributed by atoms with Gasteiger partial charge in [-0.15, -0.1) is 0 Å². The molecule has 1 saturated heterocycles. The van der Waals surface area contributed by atoms with E-state index >= 15 is 4.39 Å². The molecule has 0 bridgehead atoms. The number of nitrogens with two attached hydrogens (primary N) is 1. The zero-order valence-corrected chi connectivity index (χ0v) is 24.0. The lowest BCUT2D eigenvalue weighted by atomic mass is 10.0. The number of hydrogen-bond donors (Lipinski definition) is 2. The Morgan fingerprint density at radius 1 is 1.19 bits per heavy atom. The van der Waals surface area contributed by atoms with E-state index in [2.05, 4.69) is 19.6 Å². The van der Waals surface area contributed by atoms with Crippen LogP contribution in [0.2, 0.25) is 0 Å². The number of fused-ring (bicyclic) bond motifs is 1. The van der Waals surface area contributed by atoms with Crippen molar-refractivity contribution >= 4 is 38.4 Å². The van der Waals surface area contributed by atoms with Gasteiger partial charge in [0.2, 0.25) is 16.0 Å². The number of aromatic nitrogens is 4. The highest BCUT2D eigenvalue weighted by Gasteiger charge is 2.26. The Hall–Kier alpha value is -4.17. The number of alkyl halides is 1. The lowest BCUT2D eigenvalue weighted by molar-refractivity contribution is 0.0987. The zero-order valence-electron chi connectivity index (χ0n) is 23.2. The van der Waals surface area contributed by atoms with E-state index in [9.17, 15) is 12.8 Å². The fourth-order valence-electron chi connectivity index (χ4n) is 4.75. The Labute approximate surface area is 242 Å². The fraction of sp³-hybridized carbons (Fsp3) is 0.357. The van der Waals surface area contributed by atoms with Crippen LogP contribution in [0.25, 0.3) is 33.4 Å². The second kappa shape index (κ2) is 12.4. The van der Waals surface area contributed by atoms with Crippen molar-refractivity contribution in [2.75, 3.05) is 54.1 Å². The SMILES string of the molecule is CCOc1cc(-c2cccc(NS(=O)(=O)CCCF)c2F)cc2c(N3CCOC[C@@H]3C)nc(-c3cnc(N)nc3)nc12. The lowest BCUT2D eigenvalue weighted by Gasteiger charge is -2.35. The molecule has 0 aliphatic carbocycles. The number of morpholine rings is 1. The summed E-state index contributed by atoms with van der Waals surface area (Å²) in [5, 5.41) is 0.609. The molecule has 0 radical (unpaired) electrons. The molecule has 2 aromatic heterocycles. The number of sulfonamides is 1. The van der Waals surface area contributed by atoms with E-state index in [0.717, 1.165) is 0 Å². The number of anilines is 3. The molecule has 42 heavy (non-hydrogen) atoms. The Morgan fingerprint density at radius 3 is 2.69 bits per heavy atom. The van der Waals surface area contributed by atoms with Crippen LogP contribution in [0.3, 0.4) is 0 Å². The third-order valence-electron chi connectivity index (χ3n) is 6.74.